The van der Waals surface area contributed by atoms with Crippen LogP contribution < -0.4 is 9.47 Å². The lowest BCUT2D eigenvalue weighted by Crippen LogP contribution is -2.25. The van der Waals surface area contributed by atoms with Gasteiger partial charge in [0.05, 0.1) is 6.61 Å². The first-order valence-corrected chi connectivity index (χ1v) is 9.42. The minimum atomic E-state index is -0.698. The molecule has 1 aromatic carbocycles. The summed E-state index contributed by atoms with van der Waals surface area (Å²) in [5.74, 6) is 0.479. The quantitative estimate of drug-likeness (QED) is 0.607. The number of aromatic nitrogens is 1. The number of benzene rings is 1. The highest BCUT2D eigenvalue weighted by Crippen LogP contribution is 2.33. The van der Waals surface area contributed by atoms with Crippen LogP contribution in [-0.4, -0.2) is 48.6 Å². The summed E-state index contributed by atoms with van der Waals surface area (Å²) in [6.07, 6.45) is -0.698. The zero-order chi connectivity index (χ0) is 19.3. The Morgan fingerprint density at radius 3 is 2.42 bits per heavy atom. The summed E-state index contributed by atoms with van der Waals surface area (Å²) in [7, 11) is 3.34. The van der Waals surface area contributed by atoms with Crippen LogP contribution in [0.5, 0.6) is 16.7 Å². The van der Waals surface area contributed by atoms with Crippen molar-refractivity contribution in [2.45, 2.75) is 20.0 Å². The van der Waals surface area contributed by atoms with Crippen LogP contribution in [-0.2, 0) is 9.53 Å². The Morgan fingerprint density at radius 2 is 1.85 bits per heavy atom. The fraction of sp³-hybridized carbons (Fsp3) is 0.353. The molecule has 9 heteroatoms. The van der Waals surface area contributed by atoms with Crippen LogP contribution in [0.4, 0.5) is 0 Å². The highest BCUT2D eigenvalue weighted by Gasteiger charge is 2.19. The Hall–Kier alpha value is -2.13. The van der Waals surface area contributed by atoms with Gasteiger partial charge in [0, 0.05) is 14.1 Å². The van der Waals surface area contributed by atoms with Crippen LogP contribution in [0, 0.1) is 0 Å². The average molecular weight is 443 g/mol. The first-order valence-electron chi connectivity index (χ1n) is 7.81. The predicted molar refractivity (Wildman–Crippen MR) is 101 cm³/mol. The monoisotopic (exact) mass is 442 g/mol. The van der Waals surface area contributed by atoms with Crippen molar-refractivity contribution in [1.82, 2.24) is 9.88 Å². The van der Waals surface area contributed by atoms with Gasteiger partial charge in [-0.3, -0.25) is 4.79 Å². The Labute approximate surface area is 164 Å². The van der Waals surface area contributed by atoms with Gasteiger partial charge in [0.15, 0.2) is 6.10 Å². The van der Waals surface area contributed by atoms with E-state index in [1.54, 1.807) is 52.2 Å². The van der Waals surface area contributed by atoms with E-state index in [1.165, 1.54) is 4.90 Å². The summed E-state index contributed by atoms with van der Waals surface area (Å²) >= 11 is 4.42. The molecule has 1 amide bonds. The Kier molecular flexibility index (Phi) is 6.98. The van der Waals surface area contributed by atoms with Crippen molar-refractivity contribution in [3.05, 3.63) is 33.7 Å². The van der Waals surface area contributed by atoms with Crippen molar-refractivity contribution < 1.29 is 23.8 Å². The van der Waals surface area contributed by atoms with E-state index in [-0.39, 0.29) is 5.91 Å². The van der Waals surface area contributed by atoms with Gasteiger partial charge in [0.25, 0.3) is 11.1 Å². The second kappa shape index (κ2) is 9.00. The molecule has 1 atom stereocenters. The smallest absolute Gasteiger partial charge is 0.347 e. The molecule has 1 unspecified atom stereocenters. The second-order valence-electron chi connectivity index (χ2n) is 5.38. The van der Waals surface area contributed by atoms with E-state index in [0.29, 0.717) is 32.8 Å². The molecule has 0 saturated carbocycles. The van der Waals surface area contributed by atoms with Gasteiger partial charge < -0.3 is 19.1 Å². The molecule has 2 aromatic rings. The van der Waals surface area contributed by atoms with Crippen LogP contribution in [0.1, 0.15) is 23.5 Å². The summed E-state index contributed by atoms with van der Waals surface area (Å²) in [6.45, 7) is 3.67. The summed E-state index contributed by atoms with van der Waals surface area (Å²) in [5.41, 5.74) is 0. The van der Waals surface area contributed by atoms with Gasteiger partial charge in [0.2, 0.25) is 0 Å². The minimum absolute atomic E-state index is 0.152. The molecule has 0 aliphatic carbocycles. The van der Waals surface area contributed by atoms with E-state index in [9.17, 15) is 9.59 Å². The standard InChI is InChI=1S/C17H19BrN2O5S/c1-5-23-16(22)10(2)24-11-6-8-12(9-7-11)25-17-19-14(18)13(26-17)15(21)20(3)4/h6-10H,5H2,1-4H3. The van der Waals surface area contributed by atoms with Crippen molar-refractivity contribution >= 4 is 39.1 Å². The van der Waals surface area contributed by atoms with Crippen molar-refractivity contribution in [2.24, 2.45) is 0 Å². The summed E-state index contributed by atoms with van der Waals surface area (Å²) in [5, 5.41) is 0.343. The molecule has 0 aliphatic rings. The maximum Gasteiger partial charge on any atom is 0.347 e. The summed E-state index contributed by atoms with van der Waals surface area (Å²) < 4.78 is 16.5. The molecular formula is C17H19BrN2O5S. The topological polar surface area (TPSA) is 78.0 Å². The van der Waals surface area contributed by atoms with Gasteiger partial charge in [-0.1, -0.05) is 11.3 Å². The number of halogens is 1. The van der Waals surface area contributed by atoms with E-state index < -0.39 is 12.1 Å². The lowest BCUT2D eigenvalue weighted by atomic mass is 10.3. The molecule has 0 radical (unpaired) electrons. The van der Waals surface area contributed by atoms with Gasteiger partial charge in [-0.05, 0) is 54.0 Å². The predicted octanol–water partition coefficient (Wildman–Crippen LogP) is 3.73. The molecule has 140 valence electrons. The summed E-state index contributed by atoms with van der Waals surface area (Å²) in [6, 6.07) is 6.74. The van der Waals surface area contributed by atoms with E-state index in [0.717, 1.165) is 11.3 Å². The van der Waals surface area contributed by atoms with E-state index in [1.807, 2.05) is 0 Å². The number of hydrogen-bond acceptors (Lipinski definition) is 7. The largest absolute Gasteiger partial charge is 0.479 e. The average Bonchev–Trinajstić information content (AvgIpc) is 2.96. The number of carbonyl (C=O) groups is 2. The van der Waals surface area contributed by atoms with E-state index in [2.05, 4.69) is 20.9 Å². The Bertz CT molecular complexity index is 776. The molecule has 7 nitrogen and oxygen atoms in total. The van der Waals surface area contributed by atoms with Gasteiger partial charge in [-0.2, -0.15) is 4.98 Å². The lowest BCUT2D eigenvalue weighted by molar-refractivity contribution is -0.150. The highest BCUT2D eigenvalue weighted by atomic mass is 79.9. The van der Waals surface area contributed by atoms with E-state index in [4.69, 9.17) is 14.2 Å². The number of thiazole rings is 1. The number of amides is 1. The molecule has 0 saturated heterocycles. The minimum Gasteiger partial charge on any atom is -0.479 e. The van der Waals surface area contributed by atoms with Crippen molar-refractivity contribution in [1.29, 1.82) is 0 Å². The number of carbonyl (C=O) groups excluding carboxylic acids is 2. The number of esters is 1. The molecule has 26 heavy (non-hydrogen) atoms. The highest BCUT2D eigenvalue weighted by molar-refractivity contribution is 9.10. The fourth-order valence-electron chi connectivity index (χ4n) is 1.86. The molecule has 0 bridgehead atoms. The Morgan fingerprint density at radius 1 is 1.23 bits per heavy atom. The first kappa shape index (κ1) is 20.2. The van der Waals surface area contributed by atoms with Gasteiger partial charge in [-0.25, -0.2) is 4.79 Å². The van der Waals surface area contributed by atoms with Crippen LogP contribution in [0.3, 0.4) is 0 Å². The van der Waals surface area contributed by atoms with Crippen LogP contribution in [0.2, 0.25) is 0 Å². The molecule has 0 aliphatic heterocycles. The van der Waals surface area contributed by atoms with Crippen LogP contribution in [0.15, 0.2) is 28.9 Å². The Balaban J connectivity index is 2.02. The van der Waals surface area contributed by atoms with Gasteiger partial charge in [-0.15, -0.1) is 0 Å². The third-order valence-electron chi connectivity index (χ3n) is 3.13. The van der Waals surface area contributed by atoms with E-state index >= 15 is 0 Å². The molecule has 0 fully saturated rings. The lowest BCUT2D eigenvalue weighted by Gasteiger charge is -2.13. The fourth-order valence-corrected chi connectivity index (χ4v) is 3.40. The van der Waals surface area contributed by atoms with Crippen LogP contribution >= 0.6 is 27.3 Å². The second-order valence-corrected chi connectivity index (χ2v) is 7.10. The number of nitrogens with zero attached hydrogens (tertiary/aromatic N) is 2. The zero-order valence-electron chi connectivity index (χ0n) is 14.8. The van der Waals surface area contributed by atoms with Crippen molar-refractivity contribution in [2.75, 3.05) is 20.7 Å². The first-order chi connectivity index (χ1) is 12.3. The number of rotatable bonds is 7. The van der Waals surface area contributed by atoms with Gasteiger partial charge >= 0.3 is 5.97 Å². The van der Waals surface area contributed by atoms with Crippen molar-refractivity contribution in [3.8, 4) is 16.7 Å². The summed E-state index contributed by atoms with van der Waals surface area (Å²) in [4.78, 5) is 29.7. The maximum atomic E-state index is 12.0. The number of ether oxygens (including phenoxy) is 3. The third kappa shape index (κ3) is 5.18. The third-order valence-corrected chi connectivity index (χ3v) is 4.88. The molecule has 2 rings (SSSR count). The molecule has 0 N–H and O–H groups in total. The normalized spacial score (nSPS) is 11.6. The van der Waals surface area contributed by atoms with Crippen molar-refractivity contribution in [3.63, 3.8) is 0 Å². The SMILES string of the molecule is CCOC(=O)C(C)Oc1ccc(Oc2nc(Br)c(C(=O)N(C)C)s2)cc1. The zero-order valence-corrected chi connectivity index (χ0v) is 17.2. The molecule has 1 heterocycles. The molecular weight excluding hydrogens is 424 g/mol. The molecule has 0 spiro atoms. The van der Waals surface area contributed by atoms with Gasteiger partial charge in [0.1, 0.15) is 21.0 Å². The number of hydrogen-bond donors (Lipinski definition) is 0. The van der Waals surface area contributed by atoms with Crippen LogP contribution in [0.25, 0.3) is 0 Å². The maximum absolute atomic E-state index is 12.0. The molecule has 1 aromatic heterocycles.